The summed E-state index contributed by atoms with van der Waals surface area (Å²) in [5.41, 5.74) is 4.47. The number of carbonyl (C=O) groups excluding carboxylic acids is 1. The van der Waals surface area contributed by atoms with E-state index in [1.54, 1.807) is 26.1 Å². The van der Waals surface area contributed by atoms with Gasteiger partial charge >= 0.3 is 0 Å². The molecule has 6 heteroatoms. The molecule has 0 fully saturated rings. The van der Waals surface area contributed by atoms with Crippen LogP contribution in [0.2, 0.25) is 0 Å². The molecule has 0 bridgehead atoms. The summed E-state index contributed by atoms with van der Waals surface area (Å²) in [6, 6.07) is 11.7. The van der Waals surface area contributed by atoms with Crippen LogP contribution in [0.4, 0.5) is 0 Å². The number of pyridine rings is 2. The molecule has 3 heterocycles. The Morgan fingerprint density at radius 2 is 2.10 bits per heavy atom. The number of hydrogen-bond donors (Lipinski definition) is 2. The van der Waals surface area contributed by atoms with Crippen molar-refractivity contribution in [1.82, 2.24) is 20.3 Å². The molecular weight excluding hydrogens is 386 g/mol. The Kier molecular flexibility index (Phi) is 6.86. The molecule has 0 saturated carbocycles. The highest BCUT2D eigenvalue weighted by atomic mass is 16.1. The molecular formula is C25H29N5O. The molecule has 3 rings (SSSR count). The third-order valence-corrected chi connectivity index (χ3v) is 5.06. The molecule has 0 spiro atoms. The van der Waals surface area contributed by atoms with Gasteiger partial charge in [0.25, 0.3) is 5.91 Å². The first kappa shape index (κ1) is 22.2. The van der Waals surface area contributed by atoms with Gasteiger partial charge in [-0.3, -0.25) is 4.79 Å². The minimum Gasteiger partial charge on any atom is -0.349 e. The molecule has 0 saturated heterocycles. The molecule has 31 heavy (non-hydrogen) atoms. The summed E-state index contributed by atoms with van der Waals surface area (Å²) in [5.74, 6) is -0.294. The summed E-state index contributed by atoms with van der Waals surface area (Å²) in [6.45, 7) is 8.15. The van der Waals surface area contributed by atoms with Gasteiger partial charge in [0.05, 0.1) is 17.2 Å². The summed E-state index contributed by atoms with van der Waals surface area (Å²) in [7, 11) is 0. The first-order chi connectivity index (χ1) is 14.9. The smallest absolute Gasteiger partial charge is 0.269 e. The number of carbonyl (C=O) groups is 1. The molecule has 6 nitrogen and oxygen atoms in total. The lowest BCUT2D eigenvalue weighted by atomic mass is 9.96. The van der Waals surface area contributed by atoms with Crippen LogP contribution in [0.25, 0.3) is 27.9 Å². The molecule has 0 aromatic carbocycles. The molecule has 1 amide bonds. The maximum absolute atomic E-state index is 12.5. The van der Waals surface area contributed by atoms with Crippen molar-refractivity contribution in [2.75, 3.05) is 6.54 Å². The molecule has 3 aromatic rings. The van der Waals surface area contributed by atoms with Gasteiger partial charge in [-0.15, -0.1) is 0 Å². The van der Waals surface area contributed by atoms with Gasteiger partial charge in [-0.2, -0.15) is 5.26 Å². The summed E-state index contributed by atoms with van der Waals surface area (Å²) in [4.78, 5) is 25.0. The second kappa shape index (κ2) is 9.57. The molecule has 0 aliphatic heterocycles. The lowest BCUT2D eigenvalue weighted by Gasteiger charge is -2.15. The standard InChI is InChI=1S/C25H29N5O/c1-5-8-17(9-6-2)22-13-18-12-19(14-27-23(18)30-22)20-10-7-11-21(29-20)24(31)28-16-25(3,4)15-26/h7-8,10-14H,5-6,9,16H2,1-4H3,(H,27,30)(H,28,31)/b17-8+. The van der Waals surface area contributed by atoms with E-state index < -0.39 is 5.41 Å². The second-order valence-corrected chi connectivity index (χ2v) is 8.32. The van der Waals surface area contributed by atoms with Crippen LogP contribution in [0.15, 0.2) is 42.6 Å². The zero-order chi connectivity index (χ0) is 22.4. The Labute approximate surface area is 183 Å². The Bertz CT molecular complexity index is 1150. The van der Waals surface area contributed by atoms with Crippen molar-refractivity contribution < 1.29 is 4.79 Å². The van der Waals surface area contributed by atoms with Crippen molar-refractivity contribution in [1.29, 1.82) is 5.26 Å². The quantitative estimate of drug-likeness (QED) is 0.508. The summed E-state index contributed by atoms with van der Waals surface area (Å²) in [5, 5.41) is 12.9. The normalized spacial score (nSPS) is 12.0. The minimum atomic E-state index is -0.628. The Morgan fingerprint density at radius 1 is 1.29 bits per heavy atom. The Hall–Kier alpha value is -3.46. The van der Waals surface area contributed by atoms with Gasteiger partial charge in [0.1, 0.15) is 11.3 Å². The molecule has 0 atom stereocenters. The van der Waals surface area contributed by atoms with E-state index in [2.05, 4.69) is 52.3 Å². The van der Waals surface area contributed by atoms with Gasteiger partial charge in [0.2, 0.25) is 0 Å². The van der Waals surface area contributed by atoms with E-state index in [1.807, 2.05) is 18.2 Å². The summed E-state index contributed by atoms with van der Waals surface area (Å²) in [6.07, 6.45) is 7.13. The predicted molar refractivity (Wildman–Crippen MR) is 124 cm³/mol. The molecule has 0 unspecified atom stereocenters. The van der Waals surface area contributed by atoms with Crippen LogP contribution >= 0.6 is 0 Å². The first-order valence-corrected chi connectivity index (χ1v) is 10.7. The van der Waals surface area contributed by atoms with Gasteiger partial charge in [-0.05, 0) is 56.5 Å². The van der Waals surface area contributed by atoms with E-state index in [0.717, 1.165) is 41.6 Å². The third kappa shape index (κ3) is 5.37. The molecule has 160 valence electrons. The van der Waals surface area contributed by atoms with Crippen molar-refractivity contribution in [3.8, 4) is 17.3 Å². The van der Waals surface area contributed by atoms with E-state index in [4.69, 9.17) is 5.26 Å². The Balaban J connectivity index is 1.87. The van der Waals surface area contributed by atoms with Crippen molar-refractivity contribution in [3.63, 3.8) is 0 Å². The van der Waals surface area contributed by atoms with Crippen LogP contribution in [-0.4, -0.2) is 27.4 Å². The van der Waals surface area contributed by atoms with E-state index in [9.17, 15) is 4.79 Å². The average Bonchev–Trinajstić information content (AvgIpc) is 3.21. The summed E-state index contributed by atoms with van der Waals surface area (Å²) >= 11 is 0. The number of allylic oxidation sites excluding steroid dienone is 2. The maximum Gasteiger partial charge on any atom is 0.269 e. The van der Waals surface area contributed by atoms with Crippen LogP contribution in [0, 0.1) is 16.7 Å². The highest BCUT2D eigenvalue weighted by Gasteiger charge is 2.19. The summed E-state index contributed by atoms with van der Waals surface area (Å²) < 4.78 is 0. The fraction of sp³-hybridized carbons (Fsp3) is 0.360. The maximum atomic E-state index is 12.5. The fourth-order valence-corrected chi connectivity index (χ4v) is 3.34. The number of fused-ring (bicyclic) bond motifs is 1. The minimum absolute atomic E-state index is 0.263. The molecule has 0 aliphatic carbocycles. The molecule has 0 radical (unpaired) electrons. The molecule has 0 aliphatic rings. The Morgan fingerprint density at radius 3 is 2.81 bits per heavy atom. The fourth-order valence-electron chi connectivity index (χ4n) is 3.34. The van der Waals surface area contributed by atoms with Crippen molar-refractivity contribution in [2.45, 2.75) is 47.0 Å². The highest BCUT2D eigenvalue weighted by molar-refractivity contribution is 5.93. The van der Waals surface area contributed by atoms with Crippen LogP contribution in [0.1, 0.15) is 63.1 Å². The van der Waals surface area contributed by atoms with Gasteiger partial charge in [-0.25, -0.2) is 9.97 Å². The number of nitrogens with one attached hydrogen (secondary N) is 2. The van der Waals surface area contributed by atoms with Crippen LogP contribution in [0.3, 0.4) is 0 Å². The zero-order valence-corrected chi connectivity index (χ0v) is 18.6. The molecule has 2 N–H and O–H groups in total. The SMILES string of the molecule is CC/C=C(\CCC)c1cc2cc(-c3cccc(C(=O)NCC(C)(C)C#N)n3)cnc2[nH]1. The van der Waals surface area contributed by atoms with Crippen LogP contribution in [0.5, 0.6) is 0 Å². The van der Waals surface area contributed by atoms with Crippen molar-refractivity contribution >= 4 is 22.5 Å². The lowest BCUT2D eigenvalue weighted by molar-refractivity contribution is 0.0939. The number of amides is 1. The largest absolute Gasteiger partial charge is 0.349 e. The van der Waals surface area contributed by atoms with Crippen molar-refractivity contribution in [2.24, 2.45) is 5.41 Å². The van der Waals surface area contributed by atoms with Gasteiger partial charge in [-0.1, -0.05) is 32.4 Å². The number of aromatic nitrogens is 3. The monoisotopic (exact) mass is 415 g/mol. The van der Waals surface area contributed by atoms with Crippen molar-refractivity contribution in [3.05, 3.63) is 54.0 Å². The first-order valence-electron chi connectivity index (χ1n) is 10.7. The highest BCUT2D eigenvalue weighted by Crippen LogP contribution is 2.27. The number of hydrogen-bond acceptors (Lipinski definition) is 4. The molecule has 3 aromatic heterocycles. The van der Waals surface area contributed by atoms with E-state index in [0.29, 0.717) is 11.4 Å². The third-order valence-electron chi connectivity index (χ3n) is 5.06. The van der Waals surface area contributed by atoms with E-state index in [-0.39, 0.29) is 12.5 Å². The number of aromatic amines is 1. The second-order valence-electron chi connectivity index (χ2n) is 8.32. The van der Waals surface area contributed by atoms with E-state index in [1.165, 1.54) is 5.57 Å². The number of rotatable bonds is 8. The number of nitriles is 1. The number of H-pyrrole nitrogens is 1. The van der Waals surface area contributed by atoms with Gasteiger partial charge < -0.3 is 10.3 Å². The van der Waals surface area contributed by atoms with Gasteiger partial charge in [0.15, 0.2) is 0 Å². The average molecular weight is 416 g/mol. The van der Waals surface area contributed by atoms with Gasteiger partial charge in [0, 0.05) is 29.4 Å². The topological polar surface area (TPSA) is 94.5 Å². The van der Waals surface area contributed by atoms with Crippen LogP contribution in [-0.2, 0) is 0 Å². The van der Waals surface area contributed by atoms with E-state index >= 15 is 0 Å². The predicted octanol–water partition coefficient (Wildman–Crippen LogP) is 5.50. The lowest BCUT2D eigenvalue weighted by Crippen LogP contribution is -2.33. The zero-order valence-electron chi connectivity index (χ0n) is 18.6. The number of nitrogens with zero attached hydrogens (tertiary/aromatic N) is 3. The van der Waals surface area contributed by atoms with Crippen LogP contribution < -0.4 is 5.32 Å².